The molecule has 3 atom stereocenters. The number of aromatic carboxylic acids is 1. The summed E-state index contributed by atoms with van der Waals surface area (Å²) in [6.45, 7) is 7.36. The van der Waals surface area contributed by atoms with Crippen molar-refractivity contribution in [1.29, 1.82) is 0 Å². The minimum atomic E-state index is -0.922. The molecule has 0 unspecified atom stereocenters. The Hall–Kier alpha value is -1.72. The van der Waals surface area contributed by atoms with Crippen LogP contribution >= 0.6 is 15.9 Å². The lowest BCUT2D eigenvalue weighted by Crippen LogP contribution is -2.43. The van der Waals surface area contributed by atoms with E-state index >= 15 is 0 Å². The minimum absolute atomic E-state index is 0.0700. The molecule has 6 nitrogen and oxygen atoms in total. The molecule has 128 valence electrons. The monoisotopic (exact) mass is 392 g/mol. The molecule has 1 saturated carbocycles. The number of halogens is 1. The van der Waals surface area contributed by atoms with Crippen molar-refractivity contribution in [2.24, 2.45) is 10.5 Å². The van der Waals surface area contributed by atoms with Crippen LogP contribution in [-0.4, -0.2) is 29.7 Å². The molecule has 0 amide bonds. The normalized spacial score (nSPS) is 25.2. The second kappa shape index (κ2) is 5.97. The SMILES string of the molecule is CC(C)(C)CN1c2c(Br)cc(C(=O)O)cc2[C@@H]2CC[C@@H](N=[N+]=[N-])[C@@H]21. The molecule has 2 aliphatic rings. The molecule has 1 aromatic carbocycles. The fraction of sp³-hybridized carbons (Fsp3) is 0.588. The molecule has 0 radical (unpaired) electrons. The lowest BCUT2D eigenvalue weighted by Gasteiger charge is -2.35. The fourth-order valence-electron chi connectivity index (χ4n) is 4.09. The first-order chi connectivity index (χ1) is 11.2. The summed E-state index contributed by atoms with van der Waals surface area (Å²) in [5.74, 6) is -0.706. The lowest BCUT2D eigenvalue weighted by atomic mass is 9.94. The van der Waals surface area contributed by atoms with Gasteiger partial charge < -0.3 is 10.0 Å². The number of benzene rings is 1. The van der Waals surface area contributed by atoms with Gasteiger partial charge in [0.2, 0.25) is 0 Å². The quantitative estimate of drug-likeness (QED) is 0.448. The predicted molar refractivity (Wildman–Crippen MR) is 96.6 cm³/mol. The number of anilines is 1. The van der Waals surface area contributed by atoms with Gasteiger partial charge in [-0.25, -0.2) is 4.79 Å². The number of rotatable bonds is 3. The molecule has 0 bridgehead atoms. The van der Waals surface area contributed by atoms with E-state index in [4.69, 9.17) is 5.53 Å². The van der Waals surface area contributed by atoms with E-state index in [1.54, 1.807) is 12.1 Å². The van der Waals surface area contributed by atoms with Crippen molar-refractivity contribution in [2.45, 2.75) is 51.6 Å². The molecule has 1 heterocycles. The molecule has 0 aromatic heterocycles. The maximum atomic E-state index is 11.4. The first kappa shape index (κ1) is 17.1. The molecule has 1 N–H and O–H groups in total. The van der Waals surface area contributed by atoms with Crippen molar-refractivity contribution in [3.05, 3.63) is 38.2 Å². The zero-order valence-electron chi connectivity index (χ0n) is 14.0. The van der Waals surface area contributed by atoms with Gasteiger partial charge in [-0.2, -0.15) is 0 Å². The van der Waals surface area contributed by atoms with Gasteiger partial charge in [-0.3, -0.25) is 0 Å². The van der Waals surface area contributed by atoms with Crippen molar-refractivity contribution in [1.82, 2.24) is 0 Å². The van der Waals surface area contributed by atoms with Gasteiger partial charge in [-0.1, -0.05) is 25.9 Å². The van der Waals surface area contributed by atoms with E-state index in [0.717, 1.165) is 35.1 Å². The van der Waals surface area contributed by atoms with Crippen molar-refractivity contribution in [3.63, 3.8) is 0 Å². The van der Waals surface area contributed by atoms with Gasteiger partial charge >= 0.3 is 5.97 Å². The molecule has 0 saturated heterocycles. The van der Waals surface area contributed by atoms with Crippen LogP contribution in [0.25, 0.3) is 10.4 Å². The van der Waals surface area contributed by atoms with E-state index in [-0.39, 0.29) is 23.4 Å². The van der Waals surface area contributed by atoms with E-state index in [1.165, 1.54) is 0 Å². The van der Waals surface area contributed by atoms with Crippen LogP contribution in [0.3, 0.4) is 0 Å². The smallest absolute Gasteiger partial charge is 0.335 e. The molecule has 1 fully saturated rings. The summed E-state index contributed by atoms with van der Waals surface area (Å²) in [7, 11) is 0. The fourth-order valence-corrected chi connectivity index (χ4v) is 4.79. The topological polar surface area (TPSA) is 89.3 Å². The number of azide groups is 1. The van der Waals surface area contributed by atoms with Gasteiger partial charge in [0, 0.05) is 27.9 Å². The number of hydrogen-bond acceptors (Lipinski definition) is 3. The molecule has 7 heteroatoms. The Morgan fingerprint density at radius 2 is 2.17 bits per heavy atom. The summed E-state index contributed by atoms with van der Waals surface area (Å²) < 4.78 is 0.802. The third-order valence-electron chi connectivity index (χ3n) is 4.81. The maximum absolute atomic E-state index is 11.4. The van der Waals surface area contributed by atoms with Crippen LogP contribution in [0.1, 0.15) is 55.5 Å². The Kier molecular flexibility index (Phi) is 4.26. The molecule has 0 spiro atoms. The molecule has 3 rings (SSSR count). The highest BCUT2D eigenvalue weighted by atomic mass is 79.9. The van der Waals surface area contributed by atoms with Gasteiger partial charge in [0.15, 0.2) is 0 Å². The number of carboxylic acid groups (broad SMARTS) is 1. The van der Waals surface area contributed by atoms with E-state index in [0.29, 0.717) is 5.56 Å². The van der Waals surface area contributed by atoms with Crippen LogP contribution in [0, 0.1) is 5.41 Å². The van der Waals surface area contributed by atoms with Crippen molar-refractivity contribution in [3.8, 4) is 0 Å². The summed E-state index contributed by atoms with van der Waals surface area (Å²) in [5.41, 5.74) is 11.4. The number of carbonyl (C=O) groups is 1. The summed E-state index contributed by atoms with van der Waals surface area (Å²) >= 11 is 3.57. The summed E-state index contributed by atoms with van der Waals surface area (Å²) in [6.07, 6.45) is 1.76. The van der Waals surface area contributed by atoms with Crippen LogP contribution in [0.15, 0.2) is 21.7 Å². The highest BCUT2D eigenvalue weighted by Crippen LogP contribution is 2.53. The average Bonchev–Trinajstić information content (AvgIpc) is 2.99. The Bertz CT molecular complexity index is 737. The van der Waals surface area contributed by atoms with E-state index in [9.17, 15) is 9.90 Å². The third kappa shape index (κ3) is 2.87. The van der Waals surface area contributed by atoms with Crippen LogP contribution in [0.4, 0.5) is 5.69 Å². The first-order valence-corrected chi connectivity index (χ1v) is 8.90. The van der Waals surface area contributed by atoms with Crippen molar-refractivity contribution >= 4 is 27.6 Å². The Morgan fingerprint density at radius 1 is 1.46 bits per heavy atom. The predicted octanol–water partition coefficient (Wildman–Crippen LogP) is 4.94. The Balaban J connectivity index is 2.13. The second-order valence-electron chi connectivity index (χ2n) is 7.84. The molecule has 24 heavy (non-hydrogen) atoms. The summed E-state index contributed by atoms with van der Waals surface area (Å²) in [5, 5.41) is 13.4. The van der Waals surface area contributed by atoms with Crippen LogP contribution < -0.4 is 4.90 Å². The van der Waals surface area contributed by atoms with E-state index < -0.39 is 5.97 Å². The molecule has 1 aliphatic carbocycles. The summed E-state index contributed by atoms with van der Waals surface area (Å²) in [4.78, 5) is 16.8. The van der Waals surface area contributed by atoms with Crippen LogP contribution in [-0.2, 0) is 0 Å². The van der Waals surface area contributed by atoms with Gasteiger partial charge in [-0.15, -0.1) is 0 Å². The first-order valence-electron chi connectivity index (χ1n) is 8.10. The molecule has 1 aliphatic heterocycles. The second-order valence-corrected chi connectivity index (χ2v) is 8.69. The van der Waals surface area contributed by atoms with E-state index in [2.05, 4.69) is 51.6 Å². The highest BCUT2D eigenvalue weighted by molar-refractivity contribution is 9.10. The van der Waals surface area contributed by atoms with Crippen molar-refractivity contribution in [2.75, 3.05) is 11.4 Å². The van der Waals surface area contributed by atoms with Gasteiger partial charge in [0.1, 0.15) is 0 Å². The largest absolute Gasteiger partial charge is 0.478 e. The van der Waals surface area contributed by atoms with E-state index in [1.807, 2.05) is 0 Å². The molecular formula is C17H21BrN4O2. The molecular weight excluding hydrogens is 372 g/mol. The maximum Gasteiger partial charge on any atom is 0.335 e. The number of carboxylic acids is 1. The van der Waals surface area contributed by atoms with Gasteiger partial charge in [-0.05, 0) is 57.4 Å². The third-order valence-corrected chi connectivity index (χ3v) is 5.42. The molecule has 1 aromatic rings. The average molecular weight is 393 g/mol. The standard InChI is InChI=1S/C17H21BrN4O2/c1-17(2,3)8-22-14-11(6-9(16(23)24)7-12(14)18)10-4-5-13(15(10)22)20-21-19/h6-7,10,13,15H,4-5,8H2,1-3H3,(H,23,24)/t10-,13+,15+/m0/s1. The highest BCUT2D eigenvalue weighted by Gasteiger charge is 2.48. The number of fused-ring (bicyclic) bond motifs is 3. The van der Waals surface area contributed by atoms with Crippen LogP contribution in [0.5, 0.6) is 0 Å². The zero-order valence-corrected chi connectivity index (χ0v) is 15.6. The van der Waals surface area contributed by atoms with Crippen molar-refractivity contribution < 1.29 is 9.90 Å². The number of hydrogen-bond donors (Lipinski definition) is 1. The van der Waals surface area contributed by atoms with Crippen LogP contribution in [0.2, 0.25) is 0 Å². The minimum Gasteiger partial charge on any atom is -0.478 e. The van der Waals surface area contributed by atoms with Gasteiger partial charge in [0.25, 0.3) is 0 Å². The van der Waals surface area contributed by atoms with Gasteiger partial charge in [0.05, 0.1) is 17.3 Å². The Morgan fingerprint density at radius 3 is 2.75 bits per heavy atom. The lowest BCUT2D eigenvalue weighted by molar-refractivity contribution is 0.0696. The Labute approximate surface area is 149 Å². The summed E-state index contributed by atoms with van der Waals surface area (Å²) in [6, 6.07) is 3.49. The zero-order chi connectivity index (χ0) is 17.6. The number of nitrogens with zero attached hydrogens (tertiary/aromatic N) is 4.